The van der Waals surface area contributed by atoms with Gasteiger partial charge in [-0.1, -0.05) is 36.4 Å². The summed E-state index contributed by atoms with van der Waals surface area (Å²) in [5.41, 5.74) is 12.7. The van der Waals surface area contributed by atoms with E-state index >= 15 is 0 Å². The van der Waals surface area contributed by atoms with Crippen LogP contribution in [-0.4, -0.2) is 86.3 Å². The predicted octanol–water partition coefficient (Wildman–Crippen LogP) is 5.23. The molecule has 0 unspecified atom stereocenters. The zero-order valence-corrected chi connectivity index (χ0v) is 31.3. The van der Waals surface area contributed by atoms with Gasteiger partial charge in [-0.15, -0.1) is 0 Å². The predicted molar refractivity (Wildman–Crippen MR) is 210 cm³/mol. The Kier molecular flexibility index (Phi) is 15.6. The van der Waals surface area contributed by atoms with Gasteiger partial charge in [-0.05, 0) is 62.9 Å². The SMILES string of the molecule is Cc1cnc(Nc2cnn(C)c2)nc1-c1ccc(C(=O)CCCCO)cc1.Cc1cnc(Nc2cnn(C)c2)nc1-c1ccc(C(=O)O)cc1.NCCCO. The number of hydrogen-bond acceptors (Lipinski definition) is 13. The Balaban J connectivity index is 0.000000220. The molecule has 0 saturated carbocycles. The maximum absolute atomic E-state index is 12.2. The first-order valence-electron chi connectivity index (χ1n) is 17.6. The Bertz CT molecular complexity index is 2130. The molecule has 4 heterocycles. The van der Waals surface area contributed by atoms with E-state index in [-0.39, 0.29) is 24.6 Å². The van der Waals surface area contributed by atoms with E-state index in [1.54, 1.807) is 58.4 Å². The minimum Gasteiger partial charge on any atom is -0.478 e. The smallest absolute Gasteiger partial charge is 0.335 e. The Morgan fingerprint density at radius 3 is 1.49 bits per heavy atom. The molecule has 0 aliphatic heterocycles. The third-order valence-electron chi connectivity index (χ3n) is 7.93. The van der Waals surface area contributed by atoms with Gasteiger partial charge in [-0.25, -0.2) is 24.7 Å². The molecule has 0 spiro atoms. The molecule has 0 saturated heterocycles. The van der Waals surface area contributed by atoms with Gasteiger partial charge in [0.2, 0.25) is 11.9 Å². The Labute approximate surface area is 319 Å². The number of aryl methyl sites for hydroxylation is 4. The maximum atomic E-state index is 12.2. The van der Waals surface area contributed by atoms with Crippen LogP contribution >= 0.6 is 0 Å². The molecule has 288 valence electrons. The molecule has 2 aromatic carbocycles. The molecule has 0 fully saturated rings. The zero-order valence-electron chi connectivity index (χ0n) is 31.3. The molecule has 0 bridgehead atoms. The molecule has 0 radical (unpaired) electrons. The van der Waals surface area contributed by atoms with Gasteiger partial charge in [-0.2, -0.15) is 10.2 Å². The lowest BCUT2D eigenvalue weighted by Crippen LogP contribution is -2.01. The number of aliphatic hydroxyl groups is 2. The zero-order chi connectivity index (χ0) is 39.7. The molecule has 16 nitrogen and oxygen atoms in total. The number of carboxylic acids is 1. The van der Waals surface area contributed by atoms with Crippen LogP contribution in [0.1, 0.15) is 57.5 Å². The summed E-state index contributed by atoms with van der Waals surface area (Å²) in [4.78, 5) is 40.8. The number of unbranched alkanes of at least 4 members (excludes halogenated alkanes) is 1. The second-order valence-electron chi connectivity index (χ2n) is 12.4. The first-order chi connectivity index (χ1) is 26.5. The molecule has 16 heteroatoms. The van der Waals surface area contributed by atoms with Crippen LogP contribution in [0.2, 0.25) is 0 Å². The van der Waals surface area contributed by atoms with E-state index in [9.17, 15) is 9.59 Å². The van der Waals surface area contributed by atoms with Crippen molar-refractivity contribution >= 4 is 35.0 Å². The van der Waals surface area contributed by atoms with E-state index in [1.807, 2.05) is 64.6 Å². The topological polar surface area (TPSA) is 232 Å². The number of carbonyl (C=O) groups excluding carboxylic acids is 1. The van der Waals surface area contributed by atoms with Crippen LogP contribution in [0.5, 0.6) is 0 Å². The summed E-state index contributed by atoms with van der Waals surface area (Å²) in [6, 6.07) is 14.1. The summed E-state index contributed by atoms with van der Waals surface area (Å²) in [6.07, 6.45) is 13.1. The Morgan fingerprint density at radius 1 is 0.673 bits per heavy atom. The highest BCUT2D eigenvalue weighted by molar-refractivity contribution is 5.96. The minimum atomic E-state index is -0.949. The van der Waals surface area contributed by atoms with E-state index in [1.165, 1.54) is 0 Å². The van der Waals surface area contributed by atoms with Crippen molar-refractivity contribution in [2.75, 3.05) is 30.4 Å². The Morgan fingerprint density at radius 2 is 1.13 bits per heavy atom. The molecule has 6 rings (SSSR count). The lowest BCUT2D eigenvalue weighted by Gasteiger charge is -2.09. The number of nitrogens with zero attached hydrogens (tertiary/aromatic N) is 8. The molecule has 55 heavy (non-hydrogen) atoms. The van der Waals surface area contributed by atoms with Crippen LogP contribution in [0.3, 0.4) is 0 Å². The number of aromatic carboxylic acids is 1. The first kappa shape index (κ1) is 41.4. The van der Waals surface area contributed by atoms with Crippen LogP contribution < -0.4 is 16.4 Å². The fraction of sp³-hybridized carbons (Fsp3) is 0.282. The van der Waals surface area contributed by atoms with Gasteiger partial charge in [-0.3, -0.25) is 14.2 Å². The van der Waals surface area contributed by atoms with E-state index in [2.05, 4.69) is 40.8 Å². The van der Waals surface area contributed by atoms with Crippen molar-refractivity contribution in [1.82, 2.24) is 39.5 Å². The van der Waals surface area contributed by atoms with Crippen LogP contribution in [0.25, 0.3) is 22.5 Å². The average Bonchev–Trinajstić information content (AvgIpc) is 3.80. The second-order valence-corrected chi connectivity index (χ2v) is 12.4. The number of rotatable bonds is 14. The highest BCUT2D eigenvalue weighted by Crippen LogP contribution is 2.25. The quantitative estimate of drug-likeness (QED) is 0.0619. The highest BCUT2D eigenvalue weighted by Gasteiger charge is 2.12. The number of anilines is 4. The number of aliphatic hydroxyl groups excluding tert-OH is 2. The summed E-state index contributed by atoms with van der Waals surface area (Å²) >= 11 is 0. The van der Waals surface area contributed by atoms with Crippen LogP contribution in [-0.2, 0) is 14.1 Å². The molecule has 0 amide bonds. The molecule has 4 aromatic heterocycles. The number of nitrogens with two attached hydrogens (primary N) is 1. The van der Waals surface area contributed by atoms with E-state index in [0.29, 0.717) is 43.3 Å². The van der Waals surface area contributed by atoms with Crippen molar-refractivity contribution in [2.24, 2.45) is 19.8 Å². The number of Topliss-reactive ketones (excluding diaryl/α,β-unsaturated/α-hetero) is 1. The maximum Gasteiger partial charge on any atom is 0.335 e. The van der Waals surface area contributed by atoms with Crippen molar-refractivity contribution in [1.29, 1.82) is 0 Å². The standard InChI is InChI=1S/C20H23N5O2.C16H15N5O2.C3H9NO/c1-14-11-21-20(23-17-12-22-25(2)13-17)24-19(14)16-8-6-15(7-9-16)18(27)5-3-4-10-26;1-10-7-17-16(19-13-8-18-21(2)9-13)20-14(10)11-3-5-12(6-4-11)15(22)23;4-2-1-3-5/h6-9,11-13,26H,3-5,10H2,1-2H3,(H,21,23,24);3-9H,1-2H3,(H,22,23)(H,17,19,20);5H,1-4H2. The van der Waals surface area contributed by atoms with Gasteiger partial charge in [0.1, 0.15) is 0 Å². The molecule has 6 aromatic rings. The van der Waals surface area contributed by atoms with Gasteiger partial charge in [0.25, 0.3) is 0 Å². The van der Waals surface area contributed by atoms with E-state index in [0.717, 1.165) is 51.4 Å². The van der Waals surface area contributed by atoms with Crippen molar-refractivity contribution < 1.29 is 24.9 Å². The molecular weight excluding hydrogens is 703 g/mol. The lowest BCUT2D eigenvalue weighted by molar-refractivity contribution is 0.0696. The number of benzene rings is 2. The van der Waals surface area contributed by atoms with Crippen molar-refractivity contribution in [3.8, 4) is 22.5 Å². The van der Waals surface area contributed by atoms with Crippen molar-refractivity contribution in [3.63, 3.8) is 0 Å². The number of carbonyl (C=O) groups is 2. The third-order valence-corrected chi connectivity index (χ3v) is 7.93. The van der Waals surface area contributed by atoms with Crippen LogP contribution in [0.15, 0.2) is 85.7 Å². The number of hydrogen-bond donors (Lipinski definition) is 6. The molecule has 0 atom stereocenters. The number of nitrogens with one attached hydrogen (secondary N) is 2. The van der Waals surface area contributed by atoms with Gasteiger partial charge in [0.15, 0.2) is 5.78 Å². The van der Waals surface area contributed by atoms with Gasteiger partial charge in [0.05, 0.1) is 40.7 Å². The van der Waals surface area contributed by atoms with Crippen LogP contribution in [0.4, 0.5) is 23.3 Å². The molecule has 0 aliphatic rings. The van der Waals surface area contributed by atoms with Gasteiger partial charge < -0.3 is 31.7 Å². The number of carboxylic acid groups (broad SMARTS) is 1. The van der Waals surface area contributed by atoms with Crippen molar-refractivity contribution in [2.45, 2.75) is 39.5 Å². The highest BCUT2D eigenvalue weighted by atomic mass is 16.4. The fourth-order valence-electron chi connectivity index (χ4n) is 5.04. The number of ketones is 1. The van der Waals surface area contributed by atoms with E-state index < -0.39 is 5.97 Å². The fourth-order valence-corrected chi connectivity index (χ4v) is 5.04. The molecule has 0 aliphatic carbocycles. The van der Waals surface area contributed by atoms with E-state index in [4.69, 9.17) is 21.1 Å². The summed E-state index contributed by atoms with van der Waals surface area (Å²) in [5.74, 6) is 0.0944. The van der Waals surface area contributed by atoms with Crippen LogP contribution in [0, 0.1) is 13.8 Å². The summed E-state index contributed by atoms with van der Waals surface area (Å²) in [5, 5.41) is 40.2. The first-order valence-corrected chi connectivity index (χ1v) is 17.6. The normalized spacial score (nSPS) is 10.5. The summed E-state index contributed by atoms with van der Waals surface area (Å²) < 4.78 is 3.38. The Hall–Kier alpha value is -6.36. The lowest BCUT2D eigenvalue weighted by atomic mass is 10.0. The molecular formula is C39H47N11O5. The minimum absolute atomic E-state index is 0.0911. The van der Waals surface area contributed by atoms with Gasteiger partial charge >= 0.3 is 5.97 Å². The summed E-state index contributed by atoms with van der Waals surface area (Å²) in [7, 11) is 3.68. The summed E-state index contributed by atoms with van der Waals surface area (Å²) in [6.45, 7) is 4.80. The molecule has 7 N–H and O–H groups in total. The third kappa shape index (κ3) is 12.6. The second kappa shape index (κ2) is 20.8. The monoisotopic (exact) mass is 749 g/mol. The number of aromatic nitrogens is 8. The van der Waals surface area contributed by atoms with Gasteiger partial charge in [0, 0.05) is 75.2 Å². The average molecular weight is 750 g/mol. The van der Waals surface area contributed by atoms with Crippen molar-refractivity contribution in [3.05, 3.63) is 108 Å². The largest absolute Gasteiger partial charge is 0.478 e.